The fourth-order valence-corrected chi connectivity index (χ4v) is 2.39. The molecule has 1 aliphatic rings. The number of amides is 2. The Morgan fingerprint density at radius 2 is 2.15 bits per heavy atom. The first kappa shape index (κ1) is 14.3. The summed E-state index contributed by atoms with van der Waals surface area (Å²) in [7, 11) is 0. The first-order valence-electron chi connectivity index (χ1n) is 6.55. The lowest BCUT2D eigenvalue weighted by Gasteiger charge is -2.41. The van der Waals surface area contributed by atoms with E-state index in [4.69, 9.17) is 5.84 Å². The summed E-state index contributed by atoms with van der Waals surface area (Å²) in [4.78, 5) is 26.2. The number of nitrogens with one attached hydrogen (secondary N) is 2. The zero-order chi connectivity index (χ0) is 14.9. The molecule has 1 aromatic carbocycles. The van der Waals surface area contributed by atoms with Gasteiger partial charge in [0.05, 0.1) is 0 Å². The Balaban J connectivity index is 2.33. The number of aryl methyl sites for hydroxylation is 1. The van der Waals surface area contributed by atoms with Crippen LogP contribution in [-0.4, -0.2) is 35.3 Å². The number of carbonyl (C=O) groups is 2. The third-order valence-corrected chi connectivity index (χ3v) is 3.72. The number of nitrogen functional groups attached to an aromatic ring is 1. The van der Waals surface area contributed by atoms with Crippen LogP contribution in [0.25, 0.3) is 0 Å². The van der Waals surface area contributed by atoms with E-state index in [0.717, 1.165) is 11.3 Å². The van der Waals surface area contributed by atoms with Gasteiger partial charge in [0.2, 0.25) is 5.91 Å². The number of nitrogens with zero attached hydrogens (tertiary/aromatic N) is 1. The summed E-state index contributed by atoms with van der Waals surface area (Å²) >= 11 is 0. The summed E-state index contributed by atoms with van der Waals surface area (Å²) in [5.41, 5.74) is 3.87. The zero-order valence-corrected chi connectivity index (χ0v) is 12.0. The minimum atomic E-state index is -0.841. The predicted molar refractivity (Wildman–Crippen MR) is 77.1 cm³/mol. The molecule has 0 aromatic heterocycles. The minimum absolute atomic E-state index is 0.130. The van der Waals surface area contributed by atoms with Gasteiger partial charge in [-0.1, -0.05) is 0 Å². The Labute approximate surface area is 118 Å². The van der Waals surface area contributed by atoms with Gasteiger partial charge in [0.15, 0.2) is 0 Å². The normalized spacial score (nSPS) is 17.6. The van der Waals surface area contributed by atoms with Gasteiger partial charge in [-0.25, -0.2) is 0 Å². The Morgan fingerprint density at radius 1 is 1.45 bits per heavy atom. The van der Waals surface area contributed by atoms with Crippen molar-refractivity contribution in [3.63, 3.8) is 0 Å². The van der Waals surface area contributed by atoms with Gasteiger partial charge in [-0.3, -0.25) is 15.4 Å². The Hall–Kier alpha value is -2.08. The van der Waals surface area contributed by atoms with Gasteiger partial charge in [-0.2, -0.15) is 0 Å². The van der Waals surface area contributed by atoms with E-state index in [-0.39, 0.29) is 11.8 Å². The Bertz CT molecular complexity index is 554. The maximum atomic E-state index is 12.7. The van der Waals surface area contributed by atoms with Crippen LogP contribution in [0.1, 0.15) is 29.8 Å². The third kappa shape index (κ3) is 2.34. The Morgan fingerprint density at radius 3 is 2.75 bits per heavy atom. The molecule has 6 heteroatoms. The van der Waals surface area contributed by atoms with Crippen molar-refractivity contribution in [1.29, 1.82) is 0 Å². The van der Waals surface area contributed by atoms with Crippen molar-refractivity contribution in [2.75, 3.05) is 18.5 Å². The Kier molecular flexibility index (Phi) is 3.67. The molecule has 0 aliphatic carbocycles. The smallest absolute Gasteiger partial charge is 0.255 e. The third-order valence-electron chi connectivity index (χ3n) is 3.72. The van der Waals surface area contributed by atoms with Gasteiger partial charge in [0.1, 0.15) is 5.54 Å². The van der Waals surface area contributed by atoms with E-state index in [0.29, 0.717) is 18.7 Å². The van der Waals surface area contributed by atoms with Crippen LogP contribution >= 0.6 is 0 Å². The number of hydrogen-bond acceptors (Lipinski definition) is 4. The molecular weight excluding hydrogens is 256 g/mol. The molecule has 1 aliphatic heterocycles. The van der Waals surface area contributed by atoms with Crippen LogP contribution in [0.4, 0.5) is 5.69 Å². The van der Waals surface area contributed by atoms with Crippen molar-refractivity contribution in [3.05, 3.63) is 29.3 Å². The monoisotopic (exact) mass is 276 g/mol. The summed E-state index contributed by atoms with van der Waals surface area (Å²) in [5, 5.41) is 2.78. The van der Waals surface area contributed by atoms with Crippen molar-refractivity contribution in [3.8, 4) is 0 Å². The largest absolute Gasteiger partial charge is 0.352 e. The van der Waals surface area contributed by atoms with E-state index >= 15 is 0 Å². The SMILES string of the molecule is Cc1cc(NN)ccc1C(=O)N1CCNC(=O)C1(C)C. The van der Waals surface area contributed by atoms with Crippen molar-refractivity contribution in [2.24, 2.45) is 5.84 Å². The number of hydrazine groups is 1. The van der Waals surface area contributed by atoms with E-state index in [1.54, 1.807) is 30.9 Å². The molecular formula is C14H20N4O2. The van der Waals surface area contributed by atoms with Gasteiger partial charge >= 0.3 is 0 Å². The number of benzene rings is 1. The average molecular weight is 276 g/mol. The second kappa shape index (κ2) is 5.13. The highest BCUT2D eigenvalue weighted by molar-refractivity contribution is 6.00. The quantitative estimate of drug-likeness (QED) is 0.546. The van der Waals surface area contributed by atoms with Crippen LogP contribution in [0.2, 0.25) is 0 Å². The molecule has 0 unspecified atom stereocenters. The number of hydrogen-bond donors (Lipinski definition) is 3. The number of carbonyl (C=O) groups excluding carboxylic acids is 2. The molecule has 0 atom stereocenters. The van der Waals surface area contributed by atoms with Gasteiger partial charge in [-0.05, 0) is 44.5 Å². The van der Waals surface area contributed by atoms with Crippen LogP contribution in [0.3, 0.4) is 0 Å². The lowest BCUT2D eigenvalue weighted by Crippen LogP contribution is -2.63. The van der Waals surface area contributed by atoms with E-state index in [1.165, 1.54) is 0 Å². The van der Waals surface area contributed by atoms with E-state index < -0.39 is 5.54 Å². The van der Waals surface area contributed by atoms with Gasteiger partial charge < -0.3 is 15.6 Å². The molecule has 1 heterocycles. The molecule has 2 rings (SSSR count). The summed E-state index contributed by atoms with van der Waals surface area (Å²) in [6.45, 7) is 6.35. The van der Waals surface area contributed by atoms with Crippen LogP contribution in [0.15, 0.2) is 18.2 Å². The minimum Gasteiger partial charge on any atom is -0.352 e. The van der Waals surface area contributed by atoms with Gasteiger partial charge in [0, 0.05) is 24.3 Å². The standard InChI is InChI=1S/C14H20N4O2/c1-9-8-10(17-15)4-5-11(9)12(19)18-7-6-16-13(20)14(18,2)3/h4-5,8,17H,6-7,15H2,1-3H3,(H,16,20). The maximum absolute atomic E-state index is 12.7. The van der Waals surface area contributed by atoms with Crippen LogP contribution in [0.5, 0.6) is 0 Å². The molecule has 1 saturated heterocycles. The average Bonchev–Trinajstić information content (AvgIpc) is 2.41. The first-order valence-corrected chi connectivity index (χ1v) is 6.55. The molecule has 4 N–H and O–H groups in total. The molecule has 108 valence electrons. The summed E-state index contributed by atoms with van der Waals surface area (Å²) < 4.78 is 0. The molecule has 0 spiro atoms. The second-order valence-corrected chi connectivity index (χ2v) is 5.45. The lowest BCUT2D eigenvalue weighted by atomic mass is 9.96. The zero-order valence-electron chi connectivity index (χ0n) is 12.0. The van der Waals surface area contributed by atoms with Crippen molar-refractivity contribution >= 4 is 17.5 Å². The highest BCUT2D eigenvalue weighted by Crippen LogP contribution is 2.23. The van der Waals surface area contributed by atoms with Crippen molar-refractivity contribution in [1.82, 2.24) is 10.2 Å². The maximum Gasteiger partial charge on any atom is 0.255 e. The van der Waals surface area contributed by atoms with Crippen LogP contribution in [-0.2, 0) is 4.79 Å². The van der Waals surface area contributed by atoms with Gasteiger partial charge in [0.25, 0.3) is 5.91 Å². The van der Waals surface area contributed by atoms with E-state index in [1.807, 2.05) is 13.0 Å². The molecule has 0 bridgehead atoms. The molecule has 20 heavy (non-hydrogen) atoms. The number of nitrogens with two attached hydrogens (primary N) is 1. The number of anilines is 1. The topological polar surface area (TPSA) is 87.5 Å². The molecule has 6 nitrogen and oxygen atoms in total. The molecule has 0 saturated carbocycles. The first-order chi connectivity index (χ1) is 9.37. The van der Waals surface area contributed by atoms with Crippen molar-refractivity contribution in [2.45, 2.75) is 26.3 Å². The fourth-order valence-electron chi connectivity index (χ4n) is 2.39. The number of rotatable bonds is 2. The van der Waals surface area contributed by atoms with E-state index in [9.17, 15) is 9.59 Å². The molecule has 0 radical (unpaired) electrons. The van der Waals surface area contributed by atoms with Crippen LogP contribution < -0.4 is 16.6 Å². The highest BCUT2D eigenvalue weighted by atomic mass is 16.2. The summed E-state index contributed by atoms with van der Waals surface area (Å²) in [6.07, 6.45) is 0. The second-order valence-electron chi connectivity index (χ2n) is 5.45. The number of piperazine rings is 1. The summed E-state index contributed by atoms with van der Waals surface area (Å²) in [6, 6.07) is 5.29. The fraction of sp³-hybridized carbons (Fsp3) is 0.429. The van der Waals surface area contributed by atoms with E-state index in [2.05, 4.69) is 10.7 Å². The highest BCUT2D eigenvalue weighted by Gasteiger charge is 2.40. The molecule has 2 amide bonds. The molecule has 1 aromatic rings. The predicted octanol–water partition coefficient (Wildman–Crippen LogP) is 0.631. The van der Waals surface area contributed by atoms with Crippen LogP contribution in [0, 0.1) is 6.92 Å². The van der Waals surface area contributed by atoms with Gasteiger partial charge in [-0.15, -0.1) is 0 Å². The molecule has 1 fully saturated rings. The van der Waals surface area contributed by atoms with Crippen molar-refractivity contribution < 1.29 is 9.59 Å². The lowest BCUT2D eigenvalue weighted by molar-refractivity contribution is -0.133. The summed E-state index contributed by atoms with van der Waals surface area (Å²) in [5.74, 6) is 5.09.